The van der Waals surface area contributed by atoms with E-state index in [2.05, 4.69) is 20.1 Å². The van der Waals surface area contributed by atoms with Crippen LogP contribution in [0.1, 0.15) is 47.3 Å². The number of aromatic amines is 1. The van der Waals surface area contributed by atoms with E-state index in [0.717, 1.165) is 64.9 Å². The smallest absolute Gasteiger partial charge is 0.255 e. The van der Waals surface area contributed by atoms with Crippen molar-refractivity contribution >= 4 is 5.91 Å². The maximum absolute atomic E-state index is 12.6. The average molecular weight is 381 g/mol. The number of hydrogen-bond acceptors (Lipinski definition) is 5. The molecule has 0 atom stereocenters. The highest BCUT2D eigenvalue weighted by molar-refractivity contribution is 5.93. The molecule has 0 aromatic carbocycles. The molecule has 3 aliphatic rings. The van der Waals surface area contributed by atoms with Gasteiger partial charge in [-0.3, -0.25) is 14.9 Å². The monoisotopic (exact) mass is 381 g/mol. The lowest BCUT2D eigenvalue weighted by molar-refractivity contribution is -0.107. The fourth-order valence-electron chi connectivity index (χ4n) is 5.07. The quantitative estimate of drug-likeness (QED) is 0.861. The van der Waals surface area contributed by atoms with E-state index >= 15 is 0 Å². The van der Waals surface area contributed by atoms with Crippen molar-refractivity contribution in [2.24, 2.45) is 0 Å². The van der Waals surface area contributed by atoms with E-state index in [1.165, 1.54) is 11.3 Å². The molecule has 7 nitrogen and oxygen atoms in total. The lowest BCUT2D eigenvalue weighted by Crippen LogP contribution is -2.52. The summed E-state index contributed by atoms with van der Waals surface area (Å²) in [4.78, 5) is 21.3. The Labute approximate surface area is 165 Å². The maximum atomic E-state index is 12.6. The van der Waals surface area contributed by atoms with Crippen LogP contribution in [0.4, 0.5) is 0 Å². The molecular weight excluding hydrogens is 354 g/mol. The number of aromatic nitrogens is 3. The van der Waals surface area contributed by atoms with Crippen LogP contribution >= 0.6 is 0 Å². The minimum Gasteiger partial charge on any atom is -0.368 e. The Morgan fingerprint density at radius 3 is 2.75 bits per heavy atom. The Morgan fingerprint density at radius 2 is 2.00 bits per heavy atom. The van der Waals surface area contributed by atoms with Gasteiger partial charge in [0.15, 0.2) is 0 Å². The number of ether oxygens (including phenoxy) is 1. The zero-order chi connectivity index (χ0) is 19.0. The van der Waals surface area contributed by atoms with E-state index in [1.54, 1.807) is 12.4 Å². The van der Waals surface area contributed by atoms with Gasteiger partial charge in [-0.15, -0.1) is 0 Å². The van der Waals surface area contributed by atoms with Crippen LogP contribution in [0.3, 0.4) is 0 Å². The van der Waals surface area contributed by atoms with Crippen molar-refractivity contribution in [3.8, 4) is 0 Å². The minimum absolute atomic E-state index is 0.103. The van der Waals surface area contributed by atoms with Crippen molar-refractivity contribution in [2.45, 2.75) is 43.7 Å². The van der Waals surface area contributed by atoms with Crippen molar-refractivity contribution < 1.29 is 9.53 Å². The Hall–Kier alpha value is -2.25. The molecule has 5 rings (SSSR count). The third-order valence-corrected chi connectivity index (χ3v) is 6.71. The van der Waals surface area contributed by atoms with Crippen LogP contribution in [0.5, 0.6) is 0 Å². The number of piperidine rings is 2. The van der Waals surface area contributed by atoms with Gasteiger partial charge >= 0.3 is 0 Å². The summed E-state index contributed by atoms with van der Waals surface area (Å²) in [5.41, 5.74) is 3.04. The zero-order valence-corrected chi connectivity index (χ0v) is 16.1. The molecule has 1 N–H and O–H groups in total. The van der Waals surface area contributed by atoms with E-state index < -0.39 is 0 Å². The number of H-pyrrole nitrogens is 1. The highest BCUT2D eigenvalue weighted by Gasteiger charge is 2.43. The van der Waals surface area contributed by atoms with Crippen LogP contribution in [0.15, 0.2) is 30.7 Å². The van der Waals surface area contributed by atoms with Crippen LogP contribution in [0.2, 0.25) is 0 Å². The average Bonchev–Trinajstić information content (AvgIpc) is 3.25. The van der Waals surface area contributed by atoms with Gasteiger partial charge in [-0.2, -0.15) is 5.10 Å². The molecule has 0 saturated carbocycles. The predicted molar refractivity (Wildman–Crippen MR) is 104 cm³/mol. The number of fused-ring (bicyclic) bond motifs is 2. The molecule has 3 aliphatic heterocycles. The molecule has 1 spiro atoms. The molecule has 148 valence electrons. The first-order chi connectivity index (χ1) is 13.8. The number of pyridine rings is 1. The largest absolute Gasteiger partial charge is 0.368 e. The number of nitrogens with zero attached hydrogens (tertiary/aromatic N) is 4. The van der Waals surface area contributed by atoms with Crippen molar-refractivity contribution in [3.05, 3.63) is 47.5 Å². The summed E-state index contributed by atoms with van der Waals surface area (Å²) in [5.74, 6) is 0.103. The molecule has 2 fully saturated rings. The second-order valence-corrected chi connectivity index (χ2v) is 8.16. The van der Waals surface area contributed by atoms with Crippen LogP contribution in [-0.2, 0) is 16.8 Å². The maximum Gasteiger partial charge on any atom is 0.255 e. The first kappa shape index (κ1) is 17.8. The fraction of sp³-hybridized carbons (Fsp3) is 0.571. The number of rotatable bonds is 2. The number of likely N-dealkylation sites (tertiary alicyclic amines) is 2. The Morgan fingerprint density at radius 1 is 1.18 bits per heavy atom. The zero-order valence-electron chi connectivity index (χ0n) is 16.1. The predicted octanol–water partition coefficient (Wildman–Crippen LogP) is 1.97. The molecule has 2 saturated heterocycles. The fourth-order valence-corrected chi connectivity index (χ4v) is 5.07. The third-order valence-electron chi connectivity index (χ3n) is 6.71. The van der Waals surface area contributed by atoms with E-state index in [-0.39, 0.29) is 11.5 Å². The van der Waals surface area contributed by atoms with Gasteiger partial charge in [0.2, 0.25) is 0 Å². The minimum atomic E-state index is -0.169. The molecule has 0 unspecified atom stereocenters. The lowest BCUT2D eigenvalue weighted by Gasteiger charge is -2.47. The van der Waals surface area contributed by atoms with Crippen molar-refractivity contribution in [3.63, 3.8) is 0 Å². The van der Waals surface area contributed by atoms with Crippen molar-refractivity contribution in [1.82, 2.24) is 25.0 Å². The molecule has 0 radical (unpaired) electrons. The molecule has 2 aromatic rings. The molecule has 0 bridgehead atoms. The number of hydrogen-bond donors (Lipinski definition) is 1. The first-order valence-electron chi connectivity index (χ1n) is 10.4. The number of carbonyl (C=O) groups excluding carboxylic acids is 1. The number of amides is 1. The molecular formula is C21H27N5O2. The van der Waals surface area contributed by atoms with Crippen LogP contribution < -0.4 is 0 Å². The van der Waals surface area contributed by atoms with Gasteiger partial charge in [0, 0.05) is 44.6 Å². The van der Waals surface area contributed by atoms with Gasteiger partial charge in [-0.1, -0.05) is 0 Å². The SMILES string of the molecule is O=C(c1cccnc1)N1CCC(N2CCC3(CC2)OCCc2cn[nH]c23)CC1. The van der Waals surface area contributed by atoms with Crippen LogP contribution in [-0.4, -0.2) is 69.7 Å². The Balaban J connectivity index is 1.18. The molecule has 7 heteroatoms. The second kappa shape index (κ2) is 7.29. The van der Waals surface area contributed by atoms with Crippen LogP contribution in [0, 0.1) is 0 Å². The van der Waals surface area contributed by atoms with Gasteiger partial charge in [-0.05, 0) is 49.8 Å². The van der Waals surface area contributed by atoms with E-state index in [0.29, 0.717) is 11.6 Å². The molecule has 0 aliphatic carbocycles. The summed E-state index contributed by atoms with van der Waals surface area (Å²) in [5, 5.41) is 7.46. The highest BCUT2D eigenvalue weighted by Crippen LogP contribution is 2.41. The van der Waals surface area contributed by atoms with Gasteiger partial charge in [0.05, 0.1) is 24.1 Å². The summed E-state index contributed by atoms with van der Waals surface area (Å²) in [6.45, 7) is 4.52. The summed E-state index contributed by atoms with van der Waals surface area (Å²) >= 11 is 0. The topological polar surface area (TPSA) is 74.3 Å². The second-order valence-electron chi connectivity index (χ2n) is 8.16. The highest BCUT2D eigenvalue weighted by atomic mass is 16.5. The normalized spacial score (nSPS) is 22.9. The van der Waals surface area contributed by atoms with Gasteiger partial charge < -0.3 is 14.5 Å². The molecule has 5 heterocycles. The van der Waals surface area contributed by atoms with Gasteiger partial charge in [0.25, 0.3) is 5.91 Å². The van der Waals surface area contributed by atoms with E-state index in [1.807, 2.05) is 23.2 Å². The Kier molecular flexibility index (Phi) is 4.64. The standard InChI is InChI=1S/C21H27N5O2/c27-20(17-2-1-8-22-14-17)26-9-3-18(4-10-26)25-11-6-21(7-12-25)19-16(5-13-28-21)15-23-24-19/h1-2,8,14-15,18H,3-7,9-13H2,(H,23,24). The van der Waals surface area contributed by atoms with E-state index in [9.17, 15) is 4.79 Å². The van der Waals surface area contributed by atoms with Crippen LogP contribution in [0.25, 0.3) is 0 Å². The van der Waals surface area contributed by atoms with Crippen molar-refractivity contribution in [2.75, 3.05) is 32.8 Å². The number of nitrogens with one attached hydrogen (secondary N) is 1. The summed E-state index contributed by atoms with van der Waals surface area (Å²) in [7, 11) is 0. The first-order valence-corrected chi connectivity index (χ1v) is 10.4. The molecule has 1 amide bonds. The summed E-state index contributed by atoms with van der Waals surface area (Å²) in [6, 6.07) is 4.22. The van der Waals surface area contributed by atoms with Gasteiger partial charge in [-0.25, -0.2) is 0 Å². The van der Waals surface area contributed by atoms with Crippen molar-refractivity contribution in [1.29, 1.82) is 0 Å². The molecule has 28 heavy (non-hydrogen) atoms. The molecule has 2 aromatic heterocycles. The summed E-state index contributed by atoms with van der Waals surface area (Å²) < 4.78 is 6.27. The Bertz CT molecular complexity index is 820. The lowest BCUT2D eigenvalue weighted by atomic mass is 9.83. The van der Waals surface area contributed by atoms with E-state index in [4.69, 9.17) is 4.74 Å². The van der Waals surface area contributed by atoms with Gasteiger partial charge in [0.1, 0.15) is 5.60 Å². The third kappa shape index (κ3) is 3.12. The summed E-state index contributed by atoms with van der Waals surface area (Å²) in [6.07, 6.45) is 10.4. The number of carbonyl (C=O) groups is 1.